The molecule has 0 radical (unpaired) electrons. The van der Waals surface area contributed by atoms with Crippen LogP contribution in [0.3, 0.4) is 0 Å². The number of nitriles is 1. The molecule has 0 unspecified atom stereocenters. The maximum absolute atomic E-state index is 12.7. The third kappa shape index (κ3) is 5.05. The fraction of sp³-hybridized carbons (Fsp3) is 0.0588. The van der Waals surface area contributed by atoms with Gasteiger partial charge in [0.25, 0.3) is 11.6 Å². The Morgan fingerprint density at radius 2 is 1.96 bits per heavy atom. The van der Waals surface area contributed by atoms with Gasteiger partial charge in [0.15, 0.2) is 0 Å². The lowest BCUT2D eigenvalue weighted by Crippen LogP contribution is -2.14. The highest BCUT2D eigenvalue weighted by molar-refractivity contribution is 6.32. The number of rotatable bonds is 4. The number of anilines is 1. The number of nitro groups is 1. The van der Waals surface area contributed by atoms with Gasteiger partial charge in [-0.3, -0.25) is 14.9 Å². The van der Waals surface area contributed by atoms with Gasteiger partial charge in [-0.15, -0.1) is 0 Å². The molecule has 0 spiro atoms. The van der Waals surface area contributed by atoms with Crippen LogP contribution < -0.4 is 5.32 Å². The van der Waals surface area contributed by atoms with Gasteiger partial charge >= 0.3 is 6.18 Å². The highest BCUT2D eigenvalue weighted by Crippen LogP contribution is 2.31. The van der Waals surface area contributed by atoms with Crippen LogP contribution in [-0.2, 0) is 11.0 Å². The third-order valence-corrected chi connectivity index (χ3v) is 3.65. The van der Waals surface area contributed by atoms with Gasteiger partial charge in [0.05, 0.1) is 10.5 Å². The molecule has 27 heavy (non-hydrogen) atoms. The van der Waals surface area contributed by atoms with Crippen molar-refractivity contribution in [2.45, 2.75) is 6.18 Å². The number of hydrogen-bond acceptors (Lipinski definition) is 4. The van der Waals surface area contributed by atoms with Gasteiger partial charge in [-0.25, -0.2) is 0 Å². The Bertz CT molecular complexity index is 981. The average Bonchev–Trinajstić information content (AvgIpc) is 2.60. The maximum Gasteiger partial charge on any atom is 0.416 e. The number of carbonyl (C=O) groups excluding carboxylic acids is 1. The smallest absolute Gasteiger partial charge is 0.321 e. The maximum atomic E-state index is 12.7. The lowest BCUT2D eigenvalue weighted by atomic mass is 10.1. The van der Waals surface area contributed by atoms with Crippen molar-refractivity contribution in [2.24, 2.45) is 0 Å². The van der Waals surface area contributed by atoms with E-state index in [1.54, 1.807) is 6.07 Å². The molecule has 0 aliphatic rings. The number of hydrogen-bond donors (Lipinski definition) is 1. The van der Waals surface area contributed by atoms with E-state index < -0.39 is 28.1 Å². The van der Waals surface area contributed by atoms with E-state index in [2.05, 4.69) is 5.32 Å². The van der Waals surface area contributed by atoms with Crippen molar-refractivity contribution in [2.75, 3.05) is 5.32 Å². The van der Waals surface area contributed by atoms with E-state index in [0.29, 0.717) is 6.07 Å². The molecule has 0 atom stereocenters. The molecule has 10 heteroatoms. The third-order valence-electron chi connectivity index (χ3n) is 3.30. The molecule has 138 valence electrons. The summed E-state index contributed by atoms with van der Waals surface area (Å²) in [5.41, 5.74) is -1.89. The number of nitro benzene ring substituents is 1. The number of nitrogens with zero attached hydrogens (tertiary/aromatic N) is 2. The molecule has 2 rings (SSSR count). The SMILES string of the molecule is N#C/C(=C\c1cc([N+](=O)[O-])ccc1Cl)C(=O)Nc1cccc(C(F)(F)F)c1. The van der Waals surface area contributed by atoms with Crippen molar-refractivity contribution in [1.82, 2.24) is 0 Å². The van der Waals surface area contributed by atoms with Crippen LogP contribution in [0, 0.1) is 21.4 Å². The van der Waals surface area contributed by atoms with Gasteiger partial charge < -0.3 is 5.32 Å². The van der Waals surface area contributed by atoms with Gasteiger partial charge in [0.2, 0.25) is 0 Å². The summed E-state index contributed by atoms with van der Waals surface area (Å²) >= 11 is 5.90. The minimum Gasteiger partial charge on any atom is -0.321 e. The summed E-state index contributed by atoms with van der Waals surface area (Å²) in [6, 6.07) is 8.91. The fourth-order valence-corrected chi connectivity index (χ4v) is 2.20. The fourth-order valence-electron chi connectivity index (χ4n) is 2.03. The Hall–Kier alpha value is -3.38. The van der Waals surface area contributed by atoms with E-state index in [4.69, 9.17) is 16.9 Å². The Balaban J connectivity index is 2.32. The number of non-ortho nitro benzene ring substituents is 1. The molecule has 0 fully saturated rings. The topological polar surface area (TPSA) is 96.0 Å². The monoisotopic (exact) mass is 395 g/mol. The second-order valence-corrected chi connectivity index (χ2v) is 5.57. The van der Waals surface area contributed by atoms with Crippen LogP contribution >= 0.6 is 11.6 Å². The molecule has 0 heterocycles. The summed E-state index contributed by atoms with van der Waals surface area (Å²) in [4.78, 5) is 22.3. The zero-order valence-electron chi connectivity index (χ0n) is 13.2. The molecule has 1 N–H and O–H groups in total. The number of benzene rings is 2. The number of alkyl halides is 3. The van der Waals surface area contributed by atoms with E-state index in [0.717, 1.165) is 30.3 Å². The van der Waals surface area contributed by atoms with Gasteiger partial charge in [0, 0.05) is 28.4 Å². The Kier molecular flexibility index (Phi) is 5.82. The number of halogens is 4. The largest absolute Gasteiger partial charge is 0.416 e. The van der Waals surface area contributed by atoms with Crippen molar-refractivity contribution in [3.05, 3.63) is 74.3 Å². The summed E-state index contributed by atoms with van der Waals surface area (Å²) in [5.74, 6) is -0.987. The first-order chi connectivity index (χ1) is 12.6. The van der Waals surface area contributed by atoms with Crippen molar-refractivity contribution < 1.29 is 22.9 Å². The van der Waals surface area contributed by atoms with Crippen molar-refractivity contribution in [1.29, 1.82) is 5.26 Å². The quantitative estimate of drug-likeness (QED) is 0.347. The van der Waals surface area contributed by atoms with E-state index >= 15 is 0 Å². The molecule has 6 nitrogen and oxygen atoms in total. The van der Waals surface area contributed by atoms with E-state index in [-0.39, 0.29) is 22.0 Å². The number of nitrogens with one attached hydrogen (secondary N) is 1. The summed E-state index contributed by atoms with van der Waals surface area (Å²) in [7, 11) is 0. The highest BCUT2D eigenvalue weighted by atomic mass is 35.5. The normalized spacial score (nSPS) is 11.6. The van der Waals surface area contributed by atoms with Crippen LogP contribution in [0.2, 0.25) is 5.02 Å². The standard InChI is InChI=1S/C17H9ClF3N3O3/c18-15-5-4-14(24(26)27)7-10(15)6-11(9-22)16(25)23-13-3-1-2-12(8-13)17(19,20)21/h1-8H,(H,23,25)/b11-6+. The second-order valence-electron chi connectivity index (χ2n) is 5.17. The zero-order valence-corrected chi connectivity index (χ0v) is 14.0. The van der Waals surface area contributed by atoms with Crippen LogP contribution in [0.15, 0.2) is 48.0 Å². The molecule has 0 aliphatic heterocycles. The highest BCUT2D eigenvalue weighted by Gasteiger charge is 2.30. The minimum absolute atomic E-state index is 0.0432. The second kappa shape index (κ2) is 7.88. The van der Waals surface area contributed by atoms with Gasteiger partial charge in [-0.2, -0.15) is 18.4 Å². The predicted molar refractivity (Wildman–Crippen MR) is 91.8 cm³/mol. The van der Waals surface area contributed by atoms with E-state index in [1.807, 2.05) is 0 Å². The lowest BCUT2D eigenvalue weighted by Gasteiger charge is -2.09. The number of amides is 1. The lowest BCUT2D eigenvalue weighted by molar-refractivity contribution is -0.384. The summed E-state index contributed by atoms with van der Waals surface area (Å²) in [6.07, 6.45) is -3.58. The molecule has 2 aromatic carbocycles. The summed E-state index contributed by atoms with van der Waals surface area (Å²) in [6.45, 7) is 0. The van der Waals surface area contributed by atoms with Crippen molar-refractivity contribution in [3.63, 3.8) is 0 Å². The molecule has 0 saturated heterocycles. The van der Waals surface area contributed by atoms with E-state index in [9.17, 15) is 28.1 Å². The predicted octanol–water partition coefficient (Wildman–Crippen LogP) is 4.81. The van der Waals surface area contributed by atoms with Gasteiger partial charge in [-0.05, 0) is 30.3 Å². The van der Waals surface area contributed by atoms with Crippen LogP contribution in [-0.4, -0.2) is 10.8 Å². The molecule has 2 aromatic rings. The molecule has 0 aromatic heterocycles. The molecular weight excluding hydrogens is 387 g/mol. The first kappa shape index (κ1) is 19.9. The zero-order chi connectivity index (χ0) is 20.2. The molecule has 1 amide bonds. The van der Waals surface area contributed by atoms with Crippen LogP contribution in [0.25, 0.3) is 6.08 Å². The van der Waals surface area contributed by atoms with Crippen LogP contribution in [0.5, 0.6) is 0 Å². The average molecular weight is 396 g/mol. The summed E-state index contributed by atoms with van der Waals surface area (Å²) in [5, 5.41) is 22.2. The first-order valence-electron chi connectivity index (χ1n) is 7.16. The molecule has 0 aliphatic carbocycles. The Morgan fingerprint density at radius 3 is 2.56 bits per heavy atom. The van der Waals surface area contributed by atoms with Crippen molar-refractivity contribution in [3.8, 4) is 6.07 Å². The van der Waals surface area contributed by atoms with E-state index in [1.165, 1.54) is 12.1 Å². The molecular formula is C17H9ClF3N3O3. The Labute approximate surface area is 155 Å². The first-order valence-corrected chi connectivity index (χ1v) is 7.54. The molecule has 0 bridgehead atoms. The summed E-state index contributed by atoms with van der Waals surface area (Å²) < 4.78 is 38.2. The number of carbonyl (C=O) groups is 1. The minimum atomic E-state index is -4.59. The van der Waals surface area contributed by atoms with Gasteiger partial charge in [-0.1, -0.05) is 17.7 Å². The molecule has 0 saturated carbocycles. The Morgan fingerprint density at radius 1 is 1.26 bits per heavy atom. The van der Waals surface area contributed by atoms with Crippen LogP contribution in [0.1, 0.15) is 11.1 Å². The van der Waals surface area contributed by atoms with Crippen LogP contribution in [0.4, 0.5) is 24.5 Å². The van der Waals surface area contributed by atoms with Crippen molar-refractivity contribution >= 4 is 35.0 Å². The van der Waals surface area contributed by atoms with Gasteiger partial charge in [0.1, 0.15) is 11.6 Å².